The number of nitrogens with one attached hydrogen (secondary N) is 1. The summed E-state index contributed by atoms with van der Waals surface area (Å²) in [7, 11) is 0. The average molecular weight is 295 g/mol. The van der Waals surface area contributed by atoms with Crippen molar-refractivity contribution in [3.05, 3.63) is 30.1 Å². The molecule has 2 rings (SSSR count). The van der Waals surface area contributed by atoms with E-state index in [2.05, 4.69) is 15.5 Å². The van der Waals surface area contributed by atoms with E-state index in [9.17, 15) is 9.18 Å². The van der Waals surface area contributed by atoms with E-state index in [1.807, 2.05) is 6.92 Å². The van der Waals surface area contributed by atoms with E-state index in [0.717, 1.165) is 11.8 Å². The van der Waals surface area contributed by atoms with E-state index in [4.69, 9.17) is 4.42 Å². The van der Waals surface area contributed by atoms with Gasteiger partial charge in [-0.05, 0) is 26.0 Å². The highest BCUT2D eigenvalue weighted by Crippen LogP contribution is 2.27. The number of rotatable bonds is 5. The molecule has 1 N–H and O–H groups in total. The number of carbonyl (C=O) groups is 1. The van der Waals surface area contributed by atoms with Gasteiger partial charge in [-0.15, -0.1) is 10.2 Å². The van der Waals surface area contributed by atoms with Gasteiger partial charge in [0.05, 0.1) is 10.8 Å². The molecule has 20 heavy (non-hydrogen) atoms. The highest BCUT2D eigenvalue weighted by Gasteiger charge is 2.18. The van der Waals surface area contributed by atoms with Gasteiger partial charge in [-0.1, -0.05) is 23.9 Å². The molecule has 106 valence electrons. The Morgan fingerprint density at radius 1 is 1.45 bits per heavy atom. The third kappa shape index (κ3) is 3.36. The van der Waals surface area contributed by atoms with Crippen LogP contribution in [0.2, 0.25) is 0 Å². The molecule has 5 nitrogen and oxygen atoms in total. The first kappa shape index (κ1) is 14.5. The number of benzene rings is 1. The van der Waals surface area contributed by atoms with Gasteiger partial charge in [0.15, 0.2) is 0 Å². The van der Waals surface area contributed by atoms with Crippen LogP contribution in [0.3, 0.4) is 0 Å². The first-order valence-electron chi connectivity index (χ1n) is 6.14. The van der Waals surface area contributed by atoms with E-state index in [1.54, 1.807) is 25.1 Å². The maximum atomic E-state index is 13.6. The molecule has 1 unspecified atom stereocenters. The third-order valence-corrected chi connectivity index (χ3v) is 3.44. The summed E-state index contributed by atoms with van der Waals surface area (Å²) in [5.74, 6) is -0.429. The molecule has 0 aliphatic carbocycles. The summed E-state index contributed by atoms with van der Waals surface area (Å²) in [6.45, 7) is 4.15. The maximum absolute atomic E-state index is 13.6. The van der Waals surface area contributed by atoms with Gasteiger partial charge in [-0.25, -0.2) is 4.39 Å². The summed E-state index contributed by atoms with van der Waals surface area (Å²) in [6.07, 6.45) is 0. The molecule has 0 aliphatic heterocycles. The molecule has 7 heteroatoms. The highest BCUT2D eigenvalue weighted by atomic mass is 32.2. The first-order chi connectivity index (χ1) is 9.61. The summed E-state index contributed by atoms with van der Waals surface area (Å²) in [6, 6.07) is 6.16. The molecule has 1 atom stereocenters. The minimum absolute atomic E-state index is 0.105. The fourth-order valence-corrected chi connectivity index (χ4v) is 2.23. The zero-order valence-corrected chi connectivity index (χ0v) is 11.9. The Balaban J connectivity index is 2.10. The lowest BCUT2D eigenvalue weighted by atomic mass is 10.2. The predicted molar refractivity (Wildman–Crippen MR) is 73.7 cm³/mol. The highest BCUT2D eigenvalue weighted by molar-refractivity contribution is 8.00. The Bertz CT molecular complexity index is 603. The molecule has 0 aliphatic rings. The second kappa shape index (κ2) is 6.51. The second-order valence-corrected chi connectivity index (χ2v) is 5.30. The summed E-state index contributed by atoms with van der Waals surface area (Å²) in [5.41, 5.74) is 0.248. The van der Waals surface area contributed by atoms with Gasteiger partial charge in [0.25, 0.3) is 11.1 Å². The third-order valence-electron chi connectivity index (χ3n) is 2.51. The summed E-state index contributed by atoms with van der Waals surface area (Å²) in [4.78, 5) is 11.6. The van der Waals surface area contributed by atoms with E-state index in [0.29, 0.717) is 6.54 Å². The van der Waals surface area contributed by atoms with Crippen LogP contribution < -0.4 is 5.32 Å². The first-order valence-corrected chi connectivity index (χ1v) is 7.02. The Hall–Kier alpha value is -1.89. The van der Waals surface area contributed by atoms with Gasteiger partial charge in [0, 0.05) is 6.54 Å². The summed E-state index contributed by atoms with van der Waals surface area (Å²) < 4.78 is 18.9. The number of aromatic nitrogens is 2. The van der Waals surface area contributed by atoms with Crippen molar-refractivity contribution >= 4 is 17.7 Å². The predicted octanol–water partition coefficient (Wildman–Crippen LogP) is 2.49. The van der Waals surface area contributed by atoms with Crippen LogP contribution in [-0.4, -0.2) is 27.9 Å². The van der Waals surface area contributed by atoms with Crippen LogP contribution in [0.1, 0.15) is 13.8 Å². The van der Waals surface area contributed by atoms with Gasteiger partial charge in [-0.2, -0.15) is 0 Å². The molecule has 1 aromatic carbocycles. The van der Waals surface area contributed by atoms with Crippen LogP contribution in [0.4, 0.5) is 4.39 Å². The van der Waals surface area contributed by atoms with Crippen molar-refractivity contribution in [3.8, 4) is 11.5 Å². The Labute approximate surface area is 120 Å². The molecule has 0 fully saturated rings. The van der Waals surface area contributed by atoms with Gasteiger partial charge in [0.1, 0.15) is 5.82 Å². The molecular weight excluding hydrogens is 281 g/mol. The molecule has 0 saturated carbocycles. The summed E-state index contributed by atoms with van der Waals surface area (Å²) >= 11 is 1.14. The maximum Gasteiger partial charge on any atom is 0.277 e. The molecule has 2 aromatic rings. The molecule has 0 saturated heterocycles. The Kier molecular flexibility index (Phi) is 4.73. The van der Waals surface area contributed by atoms with Gasteiger partial charge in [0.2, 0.25) is 5.91 Å². The van der Waals surface area contributed by atoms with Crippen molar-refractivity contribution in [3.63, 3.8) is 0 Å². The smallest absolute Gasteiger partial charge is 0.277 e. The van der Waals surface area contributed by atoms with Crippen molar-refractivity contribution in [2.24, 2.45) is 0 Å². The number of amides is 1. The minimum atomic E-state index is -0.426. The molecule has 1 aromatic heterocycles. The van der Waals surface area contributed by atoms with Gasteiger partial charge >= 0.3 is 0 Å². The fourth-order valence-electron chi connectivity index (χ4n) is 1.52. The van der Waals surface area contributed by atoms with Gasteiger partial charge < -0.3 is 9.73 Å². The number of thioether (sulfide) groups is 1. The van der Waals surface area contributed by atoms with Crippen molar-refractivity contribution in [2.45, 2.75) is 24.3 Å². The monoisotopic (exact) mass is 295 g/mol. The number of nitrogens with zero attached hydrogens (tertiary/aromatic N) is 2. The van der Waals surface area contributed by atoms with Crippen molar-refractivity contribution in [1.29, 1.82) is 0 Å². The fraction of sp³-hybridized carbons (Fsp3) is 0.308. The number of halogens is 1. The Morgan fingerprint density at radius 2 is 2.20 bits per heavy atom. The molecule has 0 spiro atoms. The van der Waals surface area contributed by atoms with E-state index in [-0.39, 0.29) is 27.8 Å². The largest absolute Gasteiger partial charge is 0.411 e. The molecular formula is C13H14FN3O2S. The molecule has 0 radical (unpaired) electrons. The Morgan fingerprint density at radius 3 is 2.90 bits per heavy atom. The van der Waals surface area contributed by atoms with Crippen LogP contribution in [0, 0.1) is 5.82 Å². The standard InChI is InChI=1S/C13H14FN3O2S/c1-3-15-11(18)8(2)20-13-17-16-12(19-13)9-6-4-5-7-10(9)14/h4-8H,3H2,1-2H3,(H,15,18). The van der Waals surface area contributed by atoms with Crippen molar-refractivity contribution < 1.29 is 13.6 Å². The lowest BCUT2D eigenvalue weighted by molar-refractivity contribution is -0.120. The van der Waals surface area contributed by atoms with Crippen LogP contribution in [0.5, 0.6) is 0 Å². The zero-order chi connectivity index (χ0) is 14.5. The zero-order valence-electron chi connectivity index (χ0n) is 11.1. The molecule has 1 heterocycles. The van der Waals surface area contributed by atoms with E-state index >= 15 is 0 Å². The van der Waals surface area contributed by atoms with E-state index < -0.39 is 5.82 Å². The SMILES string of the molecule is CCNC(=O)C(C)Sc1nnc(-c2ccccc2F)o1. The topological polar surface area (TPSA) is 68.0 Å². The second-order valence-electron chi connectivity index (χ2n) is 4.01. The lowest BCUT2D eigenvalue weighted by Gasteiger charge is -2.07. The van der Waals surface area contributed by atoms with E-state index in [1.165, 1.54) is 6.07 Å². The quantitative estimate of drug-likeness (QED) is 0.858. The molecule has 1 amide bonds. The number of hydrogen-bond acceptors (Lipinski definition) is 5. The van der Waals surface area contributed by atoms with Crippen molar-refractivity contribution in [2.75, 3.05) is 6.54 Å². The summed E-state index contributed by atoms with van der Waals surface area (Å²) in [5, 5.41) is 10.2. The normalized spacial score (nSPS) is 12.2. The lowest BCUT2D eigenvalue weighted by Crippen LogP contribution is -2.30. The molecule has 0 bridgehead atoms. The van der Waals surface area contributed by atoms with Crippen LogP contribution in [-0.2, 0) is 4.79 Å². The minimum Gasteiger partial charge on any atom is -0.411 e. The van der Waals surface area contributed by atoms with Crippen LogP contribution >= 0.6 is 11.8 Å². The van der Waals surface area contributed by atoms with Crippen molar-refractivity contribution in [1.82, 2.24) is 15.5 Å². The van der Waals surface area contributed by atoms with Crippen LogP contribution in [0.15, 0.2) is 33.9 Å². The van der Waals surface area contributed by atoms with Gasteiger partial charge in [-0.3, -0.25) is 4.79 Å². The van der Waals surface area contributed by atoms with Crippen LogP contribution in [0.25, 0.3) is 11.5 Å². The average Bonchev–Trinajstić information content (AvgIpc) is 2.87. The number of hydrogen-bond donors (Lipinski definition) is 1. The number of carbonyl (C=O) groups excluding carboxylic acids is 1.